The minimum Gasteiger partial charge on any atom is -0.493 e. The van der Waals surface area contributed by atoms with Crippen molar-refractivity contribution in [3.63, 3.8) is 0 Å². The van der Waals surface area contributed by atoms with Gasteiger partial charge in [-0.3, -0.25) is 4.57 Å². The molecule has 0 aliphatic heterocycles. The molecule has 8 heteroatoms. The molecule has 160 valence electrons. The van der Waals surface area contributed by atoms with E-state index in [1.807, 2.05) is 54.0 Å². The molecule has 2 heterocycles. The minimum atomic E-state index is 0.524. The Hall–Kier alpha value is -3.45. The summed E-state index contributed by atoms with van der Waals surface area (Å²) in [5, 5.41) is 0.541. The van der Waals surface area contributed by atoms with Crippen molar-refractivity contribution in [1.29, 1.82) is 0 Å². The van der Waals surface area contributed by atoms with Crippen LogP contribution in [0.15, 0.2) is 48.8 Å². The van der Waals surface area contributed by atoms with Crippen LogP contribution in [0.1, 0.15) is 6.92 Å². The molecule has 0 spiro atoms. The van der Waals surface area contributed by atoms with E-state index in [9.17, 15) is 0 Å². The molecule has 2 aromatic heterocycles. The third-order valence-electron chi connectivity index (χ3n) is 4.85. The smallest absolute Gasteiger partial charge is 0.203 e. The Morgan fingerprint density at radius 2 is 1.65 bits per heavy atom. The molecule has 0 saturated carbocycles. The van der Waals surface area contributed by atoms with Crippen molar-refractivity contribution < 1.29 is 18.9 Å². The number of imidazole rings is 1. The molecule has 0 fully saturated rings. The fraction of sp³-hybridized carbons (Fsp3) is 0.217. The molecule has 0 bridgehead atoms. The molecule has 7 nitrogen and oxygen atoms in total. The first-order valence-electron chi connectivity index (χ1n) is 9.66. The number of halogens is 1. The van der Waals surface area contributed by atoms with Gasteiger partial charge in [-0.15, -0.1) is 0 Å². The van der Waals surface area contributed by atoms with Gasteiger partial charge in [0.05, 0.1) is 44.3 Å². The molecule has 0 atom stereocenters. The Labute approximate surface area is 185 Å². The molecule has 4 rings (SSSR count). The first-order chi connectivity index (χ1) is 15.1. The number of nitrogens with zero attached hydrogens (tertiary/aromatic N) is 3. The lowest BCUT2D eigenvalue weighted by atomic mass is 10.1. The lowest BCUT2D eigenvalue weighted by Crippen LogP contribution is -2.00. The van der Waals surface area contributed by atoms with Gasteiger partial charge in [-0.05, 0) is 37.3 Å². The van der Waals surface area contributed by atoms with Gasteiger partial charge in [0.15, 0.2) is 17.1 Å². The van der Waals surface area contributed by atoms with E-state index in [1.54, 1.807) is 27.7 Å². The summed E-state index contributed by atoms with van der Waals surface area (Å²) >= 11 is 6.37. The molecular formula is C23H22ClN3O4. The van der Waals surface area contributed by atoms with E-state index in [-0.39, 0.29) is 0 Å². The van der Waals surface area contributed by atoms with Gasteiger partial charge in [0.25, 0.3) is 0 Å². The third kappa shape index (κ3) is 3.84. The molecule has 0 saturated heterocycles. The number of hydrogen-bond acceptors (Lipinski definition) is 6. The minimum absolute atomic E-state index is 0.524. The van der Waals surface area contributed by atoms with Crippen LogP contribution in [-0.4, -0.2) is 42.5 Å². The molecule has 0 aliphatic rings. The van der Waals surface area contributed by atoms with E-state index in [4.69, 9.17) is 35.5 Å². The van der Waals surface area contributed by atoms with Crippen molar-refractivity contribution >= 4 is 22.8 Å². The van der Waals surface area contributed by atoms with Crippen LogP contribution in [0, 0.1) is 0 Å². The quantitative estimate of drug-likeness (QED) is 0.396. The van der Waals surface area contributed by atoms with Gasteiger partial charge >= 0.3 is 0 Å². The Morgan fingerprint density at radius 1 is 0.903 bits per heavy atom. The predicted octanol–water partition coefficient (Wildman–Crippen LogP) is 5.17. The van der Waals surface area contributed by atoms with Gasteiger partial charge in [0.1, 0.15) is 17.6 Å². The summed E-state index contributed by atoms with van der Waals surface area (Å²) in [6.45, 7) is 2.47. The summed E-state index contributed by atoms with van der Waals surface area (Å²) in [7, 11) is 4.74. The Kier molecular flexibility index (Phi) is 5.86. The number of methoxy groups -OCH3 is 3. The van der Waals surface area contributed by atoms with Crippen LogP contribution in [0.3, 0.4) is 0 Å². The van der Waals surface area contributed by atoms with Gasteiger partial charge in [0, 0.05) is 17.7 Å². The highest BCUT2D eigenvalue weighted by Gasteiger charge is 2.16. The van der Waals surface area contributed by atoms with Crippen molar-refractivity contribution in [3.05, 3.63) is 53.8 Å². The van der Waals surface area contributed by atoms with Crippen molar-refractivity contribution in [2.24, 2.45) is 0 Å². The molecule has 31 heavy (non-hydrogen) atoms. The lowest BCUT2D eigenvalue weighted by molar-refractivity contribution is 0.324. The van der Waals surface area contributed by atoms with E-state index in [0.29, 0.717) is 40.3 Å². The summed E-state index contributed by atoms with van der Waals surface area (Å²) in [5.41, 5.74) is 3.89. The molecule has 4 aromatic rings. The molecule has 0 radical (unpaired) electrons. The van der Waals surface area contributed by atoms with Crippen LogP contribution < -0.4 is 18.9 Å². The van der Waals surface area contributed by atoms with Gasteiger partial charge in [0.2, 0.25) is 5.75 Å². The zero-order valence-electron chi connectivity index (χ0n) is 17.7. The fourth-order valence-corrected chi connectivity index (χ4v) is 3.62. The van der Waals surface area contributed by atoms with Crippen molar-refractivity contribution in [3.8, 4) is 39.9 Å². The third-order valence-corrected chi connectivity index (χ3v) is 5.15. The number of rotatable bonds is 7. The van der Waals surface area contributed by atoms with E-state index in [0.717, 1.165) is 22.5 Å². The van der Waals surface area contributed by atoms with E-state index < -0.39 is 0 Å². The number of aromatic nitrogens is 3. The van der Waals surface area contributed by atoms with Crippen LogP contribution in [0.4, 0.5) is 0 Å². The van der Waals surface area contributed by atoms with Crippen molar-refractivity contribution in [2.45, 2.75) is 6.92 Å². The Balaban J connectivity index is 1.82. The molecule has 0 amide bonds. The summed E-state index contributed by atoms with van der Waals surface area (Å²) in [4.78, 5) is 9.32. The monoisotopic (exact) mass is 439 g/mol. The molecule has 0 aliphatic carbocycles. The second kappa shape index (κ2) is 8.73. The topological polar surface area (TPSA) is 67.6 Å². The van der Waals surface area contributed by atoms with E-state index >= 15 is 0 Å². The van der Waals surface area contributed by atoms with Crippen LogP contribution >= 0.6 is 11.6 Å². The maximum absolute atomic E-state index is 6.37. The molecule has 0 unspecified atom stereocenters. The summed E-state index contributed by atoms with van der Waals surface area (Å²) in [5.74, 6) is 2.27. The average Bonchev–Trinajstić information content (AvgIpc) is 3.22. The normalized spacial score (nSPS) is 10.9. The largest absolute Gasteiger partial charge is 0.493 e. The Morgan fingerprint density at radius 3 is 2.26 bits per heavy atom. The summed E-state index contributed by atoms with van der Waals surface area (Å²) in [6, 6.07) is 13.2. The first-order valence-corrected chi connectivity index (χ1v) is 10.0. The SMILES string of the molecule is CCOc1ccc(-c2ccc3ncn(-c4cc(OC)c(OC)c(OC)c4)c3n2)cc1Cl. The molecular weight excluding hydrogens is 418 g/mol. The highest BCUT2D eigenvalue weighted by Crippen LogP contribution is 2.40. The zero-order valence-corrected chi connectivity index (χ0v) is 18.4. The average molecular weight is 440 g/mol. The van der Waals surface area contributed by atoms with E-state index in [1.165, 1.54) is 0 Å². The van der Waals surface area contributed by atoms with Crippen molar-refractivity contribution in [1.82, 2.24) is 14.5 Å². The van der Waals surface area contributed by atoms with Gasteiger partial charge in [-0.1, -0.05) is 11.6 Å². The van der Waals surface area contributed by atoms with Crippen LogP contribution in [0.2, 0.25) is 5.02 Å². The summed E-state index contributed by atoms with van der Waals surface area (Å²) in [6.07, 6.45) is 1.72. The second-order valence-corrected chi connectivity index (χ2v) is 7.02. The van der Waals surface area contributed by atoms with Crippen molar-refractivity contribution in [2.75, 3.05) is 27.9 Å². The van der Waals surface area contributed by atoms with Crippen LogP contribution in [-0.2, 0) is 0 Å². The number of ether oxygens (including phenoxy) is 4. The molecule has 2 aromatic carbocycles. The van der Waals surface area contributed by atoms with Gasteiger partial charge in [-0.25, -0.2) is 9.97 Å². The van der Waals surface area contributed by atoms with Crippen LogP contribution in [0.25, 0.3) is 28.1 Å². The molecule has 0 N–H and O–H groups in total. The predicted molar refractivity (Wildman–Crippen MR) is 120 cm³/mol. The lowest BCUT2D eigenvalue weighted by Gasteiger charge is -2.14. The highest BCUT2D eigenvalue weighted by atomic mass is 35.5. The Bertz CT molecular complexity index is 1210. The number of benzene rings is 2. The number of pyridine rings is 1. The van der Waals surface area contributed by atoms with Gasteiger partial charge < -0.3 is 18.9 Å². The number of fused-ring (bicyclic) bond motifs is 1. The zero-order chi connectivity index (χ0) is 22.0. The standard InChI is InChI=1S/C23H22ClN3O4/c1-5-31-19-9-6-14(10-16(19)24)17-7-8-18-23(26-17)27(13-25-18)15-11-20(28-2)22(30-4)21(12-15)29-3/h6-13H,5H2,1-4H3. The second-order valence-electron chi connectivity index (χ2n) is 6.62. The maximum atomic E-state index is 6.37. The van der Waals surface area contributed by atoms with Gasteiger partial charge in [-0.2, -0.15) is 0 Å². The number of hydrogen-bond donors (Lipinski definition) is 0. The fourth-order valence-electron chi connectivity index (χ4n) is 3.38. The highest BCUT2D eigenvalue weighted by molar-refractivity contribution is 6.32. The summed E-state index contributed by atoms with van der Waals surface area (Å²) < 4.78 is 23.8. The maximum Gasteiger partial charge on any atom is 0.203 e. The first kappa shape index (κ1) is 20.8. The van der Waals surface area contributed by atoms with Crippen LogP contribution in [0.5, 0.6) is 23.0 Å². The van der Waals surface area contributed by atoms with E-state index in [2.05, 4.69) is 4.98 Å².